The maximum atomic E-state index is 11.6. The SMILES string of the molecule is CCCCCCCCCCCC[C@@H](O)[C@@H]1CC[C@H]([C@@H](O)CCCCCCCCCC[C@@H](O)CC2=C[C@H](C)OC2=O)O1. The van der Waals surface area contributed by atoms with Gasteiger partial charge in [0.05, 0.1) is 30.5 Å². The van der Waals surface area contributed by atoms with Crippen molar-refractivity contribution in [1.29, 1.82) is 0 Å². The molecule has 2 heterocycles. The Labute approximate surface area is 251 Å². The van der Waals surface area contributed by atoms with E-state index >= 15 is 0 Å². The maximum absolute atomic E-state index is 11.6. The minimum atomic E-state index is -0.461. The normalized spacial score (nSPS) is 23.0. The highest BCUT2D eigenvalue weighted by Gasteiger charge is 2.34. The molecule has 0 aromatic heterocycles. The second kappa shape index (κ2) is 22.6. The van der Waals surface area contributed by atoms with E-state index in [2.05, 4.69) is 6.92 Å². The molecule has 41 heavy (non-hydrogen) atoms. The topological polar surface area (TPSA) is 96.2 Å². The lowest BCUT2D eigenvalue weighted by Gasteiger charge is -2.22. The summed E-state index contributed by atoms with van der Waals surface area (Å²) in [6.45, 7) is 4.10. The number of cyclic esters (lactones) is 1. The second-order valence-corrected chi connectivity index (χ2v) is 13.0. The summed E-state index contributed by atoms with van der Waals surface area (Å²) >= 11 is 0. The van der Waals surface area contributed by atoms with Gasteiger partial charge in [0.15, 0.2) is 0 Å². The molecule has 6 heteroatoms. The highest BCUT2D eigenvalue weighted by atomic mass is 16.5. The van der Waals surface area contributed by atoms with E-state index < -0.39 is 18.3 Å². The monoisotopic (exact) mass is 580 g/mol. The molecule has 0 bridgehead atoms. The number of hydrogen-bond donors (Lipinski definition) is 3. The molecule has 1 saturated heterocycles. The summed E-state index contributed by atoms with van der Waals surface area (Å²) in [6, 6.07) is 0. The Kier molecular flexibility index (Phi) is 20.0. The average molecular weight is 581 g/mol. The van der Waals surface area contributed by atoms with Crippen molar-refractivity contribution in [3.05, 3.63) is 11.6 Å². The van der Waals surface area contributed by atoms with Crippen LogP contribution in [0.3, 0.4) is 0 Å². The molecule has 6 atom stereocenters. The van der Waals surface area contributed by atoms with Gasteiger partial charge in [0, 0.05) is 12.0 Å². The van der Waals surface area contributed by atoms with E-state index in [4.69, 9.17) is 9.47 Å². The first kappa shape index (κ1) is 36.2. The predicted octanol–water partition coefficient (Wildman–Crippen LogP) is 8.09. The molecule has 240 valence electrons. The van der Waals surface area contributed by atoms with Crippen LogP contribution in [0.15, 0.2) is 11.6 Å². The molecule has 2 aliphatic heterocycles. The van der Waals surface area contributed by atoms with Crippen LogP contribution in [0, 0.1) is 0 Å². The zero-order valence-corrected chi connectivity index (χ0v) is 26.6. The van der Waals surface area contributed by atoms with Gasteiger partial charge in [0.25, 0.3) is 0 Å². The largest absolute Gasteiger partial charge is 0.455 e. The van der Waals surface area contributed by atoms with Gasteiger partial charge >= 0.3 is 5.97 Å². The van der Waals surface area contributed by atoms with Crippen LogP contribution in [-0.2, 0) is 14.3 Å². The first-order valence-electron chi connectivity index (χ1n) is 17.5. The van der Waals surface area contributed by atoms with Gasteiger partial charge in [-0.05, 0) is 45.1 Å². The molecule has 0 radical (unpaired) electrons. The Balaban J connectivity index is 1.37. The van der Waals surface area contributed by atoms with Crippen molar-refractivity contribution in [3.8, 4) is 0 Å². The third-order valence-corrected chi connectivity index (χ3v) is 9.03. The summed E-state index contributed by atoms with van der Waals surface area (Å²) in [5.74, 6) is -0.280. The van der Waals surface area contributed by atoms with Crippen LogP contribution in [-0.4, -0.2) is 57.9 Å². The van der Waals surface area contributed by atoms with Gasteiger partial charge in [-0.1, -0.05) is 122 Å². The molecule has 3 N–H and O–H groups in total. The average Bonchev–Trinajstić information content (AvgIpc) is 3.57. The minimum absolute atomic E-state index is 0.102. The molecule has 0 aromatic carbocycles. The summed E-state index contributed by atoms with van der Waals surface area (Å²) in [7, 11) is 0. The smallest absolute Gasteiger partial charge is 0.334 e. The highest BCUT2D eigenvalue weighted by Crippen LogP contribution is 2.28. The van der Waals surface area contributed by atoms with Gasteiger partial charge < -0.3 is 24.8 Å². The lowest BCUT2D eigenvalue weighted by atomic mass is 9.99. The van der Waals surface area contributed by atoms with Crippen molar-refractivity contribution in [2.75, 3.05) is 0 Å². The molecular weight excluding hydrogens is 516 g/mol. The number of rotatable bonds is 26. The summed E-state index contributed by atoms with van der Waals surface area (Å²) < 4.78 is 11.2. The molecule has 0 amide bonds. The molecule has 0 saturated carbocycles. The number of carbonyl (C=O) groups is 1. The number of ether oxygens (including phenoxy) is 2. The molecule has 6 nitrogen and oxygen atoms in total. The number of hydrogen-bond acceptors (Lipinski definition) is 6. The molecule has 0 unspecified atom stereocenters. The zero-order valence-electron chi connectivity index (χ0n) is 26.6. The van der Waals surface area contributed by atoms with E-state index in [1.165, 1.54) is 83.5 Å². The van der Waals surface area contributed by atoms with Crippen LogP contribution in [0.4, 0.5) is 0 Å². The molecular formula is C35H64O6. The Bertz CT molecular complexity index is 694. The fourth-order valence-corrected chi connectivity index (χ4v) is 6.40. The third-order valence-electron chi connectivity index (χ3n) is 9.03. The maximum Gasteiger partial charge on any atom is 0.334 e. The Morgan fingerprint density at radius 2 is 1.10 bits per heavy atom. The van der Waals surface area contributed by atoms with Crippen molar-refractivity contribution in [2.24, 2.45) is 0 Å². The third kappa shape index (κ3) is 16.5. The van der Waals surface area contributed by atoms with Crippen LogP contribution in [0.1, 0.15) is 168 Å². The number of aliphatic hydroxyl groups is 3. The van der Waals surface area contributed by atoms with Gasteiger partial charge in [-0.3, -0.25) is 0 Å². The molecule has 0 aromatic rings. The van der Waals surface area contributed by atoms with E-state index in [1.807, 2.05) is 13.0 Å². The van der Waals surface area contributed by atoms with E-state index in [0.29, 0.717) is 12.0 Å². The fourth-order valence-electron chi connectivity index (χ4n) is 6.40. The van der Waals surface area contributed by atoms with E-state index in [-0.39, 0.29) is 24.3 Å². The van der Waals surface area contributed by atoms with Crippen LogP contribution >= 0.6 is 0 Å². The van der Waals surface area contributed by atoms with Crippen molar-refractivity contribution in [1.82, 2.24) is 0 Å². The van der Waals surface area contributed by atoms with E-state index in [0.717, 1.165) is 64.2 Å². The summed E-state index contributed by atoms with van der Waals surface area (Å²) in [5, 5.41) is 31.4. The Morgan fingerprint density at radius 3 is 1.51 bits per heavy atom. The molecule has 2 aliphatic rings. The lowest BCUT2D eigenvalue weighted by Crippen LogP contribution is -2.31. The molecule has 0 spiro atoms. The van der Waals surface area contributed by atoms with Crippen molar-refractivity contribution in [3.63, 3.8) is 0 Å². The number of aliphatic hydroxyl groups excluding tert-OH is 3. The lowest BCUT2D eigenvalue weighted by molar-refractivity contribution is -0.139. The van der Waals surface area contributed by atoms with Crippen molar-refractivity contribution >= 4 is 5.97 Å². The summed E-state index contributed by atoms with van der Waals surface area (Å²) in [4.78, 5) is 11.6. The first-order valence-corrected chi connectivity index (χ1v) is 17.5. The van der Waals surface area contributed by atoms with Gasteiger partial charge in [-0.2, -0.15) is 0 Å². The standard InChI is InChI=1S/C35H64O6/c1-3-4-5-6-7-8-9-13-16-19-22-31(37)33-24-25-34(41-33)32(38)23-20-17-14-11-10-12-15-18-21-30(36)27-29-26-28(2)40-35(29)39/h26,28,30-34,36-38H,3-25,27H2,1-2H3/t28-,30+,31+,32-,33-,34+/m0/s1. The second-order valence-electron chi connectivity index (χ2n) is 13.0. The van der Waals surface area contributed by atoms with Crippen LogP contribution in [0.25, 0.3) is 0 Å². The van der Waals surface area contributed by atoms with Crippen LogP contribution < -0.4 is 0 Å². The van der Waals surface area contributed by atoms with Gasteiger partial charge in [0.1, 0.15) is 6.10 Å². The minimum Gasteiger partial charge on any atom is -0.455 e. The molecule has 2 rings (SSSR count). The Morgan fingerprint density at radius 1 is 0.683 bits per heavy atom. The van der Waals surface area contributed by atoms with E-state index in [1.54, 1.807) is 0 Å². The van der Waals surface area contributed by atoms with Gasteiger partial charge in [-0.15, -0.1) is 0 Å². The van der Waals surface area contributed by atoms with Gasteiger partial charge in [0.2, 0.25) is 0 Å². The fraction of sp³-hybridized carbons (Fsp3) is 0.914. The summed E-state index contributed by atoms with van der Waals surface area (Å²) in [6.07, 6.45) is 26.7. The van der Waals surface area contributed by atoms with Crippen molar-refractivity contribution < 1.29 is 29.6 Å². The van der Waals surface area contributed by atoms with E-state index in [9.17, 15) is 20.1 Å². The predicted molar refractivity (Wildman–Crippen MR) is 167 cm³/mol. The molecule has 0 aliphatic carbocycles. The zero-order chi connectivity index (χ0) is 29.7. The first-order chi connectivity index (χ1) is 19.9. The number of esters is 1. The quantitative estimate of drug-likeness (QED) is 0.0707. The molecule has 1 fully saturated rings. The van der Waals surface area contributed by atoms with Crippen LogP contribution in [0.5, 0.6) is 0 Å². The number of unbranched alkanes of at least 4 members (excludes halogenated alkanes) is 16. The van der Waals surface area contributed by atoms with Crippen molar-refractivity contribution in [2.45, 2.75) is 205 Å². The Hall–Kier alpha value is -0.950. The van der Waals surface area contributed by atoms with Crippen LogP contribution in [0.2, 0.25) is 0 Å². The number of carbonyl (C=O) groups excluding carboxylic acids is 1. The highest BCUT2D eigenvalue weighted by molar-refractivity contribution is 5.90. The van der Waals surface area contributed by atoms with Gasteiger partial charge in [-0.25, -0.2) is 4.79 Å². The summed E-state index contributed by atoms with van der Waals surface area (Å²) in [5.41, 5.74) is 0.617.